The lowest BCUT2D eigenvalue weighted by Crippen LogP contribution is -2.43. The second kappa shape index (κ2) is 43.5. The maximum atomic E-state index is 13.1. The van der Waals surface area contributed by atoms with Gasteiger partial charge in [-0.25, -0.2) is 0 Å². The molecule has 0 unspecified atom stereocenters. The number of anilines is 1. The normalized spacial score (nSPS) is 13.3. The summed E-state index contributed by atoms with van der Waals surface area (Å²) in [6, 6.07) is 2.76. The van der Waals surface area contributed by atoms with Crippen LogP contribution in [0.1, 0.15) is 136 Å². The quantitative estimate of drug-likeness (QED) is 0.0463. The molecular formula is C55H78N4O3. The van der Waals surface area contributed by atoms with Crippen molar-refractivity contribution in [3.8, 4) is 0 Å². The molecule has 1 aromatic rings. The molecule has 1 heterocycles. The molecule has 3 N–H and O–H groups in total. The van der Waals surface area contributed by atoms with E-state index >= 15 is 0 Å². The highest BCUT2D eigenvalue weighted by Crippen LogP contribution is 2.09. The average Bonchev–Trinajstić information content (AvgIpc) is 3.27. The van der Waals surface area contributed by atoms with Gasteiger partial charge in [-0.3, -0.25) is 19.4 Å². The van der Waals surface area contributed by atoms with Gasteiger partial charge in [0.2, 0.25) is 17.7 Å². The Bertz CT molecular complexity index is 1650. The molecule has 0 radical (unpaired) electrons. The Labute approximate surface area is 376 Å². The summed E-state index contributed by atoms with van der Waals surface area (Å²) in [4.78, 5) is 42.4. The molecule has 0 fully saturated rings. The SMILES string of the molecule is CC/C=C\C/C=C\C/C=C\C/C=C\C/C=C\C/C=C\CCC(=O)NCCCC[C@H](NC(=O)CC/C=C\C/C=C\C/C=C\C/C=C\C/C=C\C/C=C\CC)C(=O)Nc1ccncc1. The zero-order chi connectivity index (χ0) is 44.7. The van der Waals surface area contributed by atoms with E-state index in [2.05, 4.69) is 175 Å². The summed E-state index contributed by atoms with van der Waals surface area (Å²) in [5.74, 6) is -0.416. The standard InChI is InChI=1S/C55H78N4O3/c1-3-5-7-9-11-13-15-17-19-21-23-25-27-29-31-33-35-37-39-44-53(60)57-48-42-41-43-52(55(62)58-51-46-49-56-50-47-51)59-54(61)45-40-38-36-34-32-30-28-26-24-22-20-18-16-14-12-10-8-6-4-2/h5-8,11-14,17-20,23-26,29-32,35-38,46-47,49-50,52H,3-4,9-10,15-16,21-22,27-28,33-34,39-45,48H2,1-2H3,(H,57,60)(H,59,61)(H,56,58,62)/b7-5-,8-6-,13-11-,14-12-,19-17-,20-18-,25-23-,26-24-,31-29-,32-30-,37-35-,38-36-/t52-/m0/s1. The Morgan fingerprint density at radius 3 is 1.23 bits per heavy atom. The highest BCUT2D eigenvalue weighted by Gasteiger charge is 2.20. The van der Waals surface area contributed by atoms with Gasteiger partial charge in [0.1, 0.15) is 6.04 Å². The van der Waals surface area contributed by atoms with E-state index in [4.69, 9.17) is 0 Å². The number of pyridine rings is 1. The van der Waals surface area contributed by atoms with E-state index in [1.807, 2.05) is 6.08 Å². The first kappa shape index (κ1) is 54.5. The number of carbonyl (C=O) groups is 3. The molecule has 1 atom stereocenters. The Hall–Kier alpha value is -5.56. The molecule has 336 valence electrons. The topological polar surface area (TPSA) is 100 Å². The highest BCUT2D eigenvalue weighted by atomic mass is 16.2. The maximum Gasteiger partial charge on any atom is 0.246 e. The molecule has 0 bridgehead atoms. The van der Waals surface area contributed by atoms with E-state index < -0.39 is 6.04 Å². The third kappa shape index (κ3) is 37.4. The molecule has 0 saturated carbocycles. The monoisotopic (exact) mass is 843 g/mol. The third-order valence-electron chi connectivity index (χ3n) is 9.11. The number of aromatic nitrogens is 1. The molecule has 1 rings (SSSR count). The van der Waals surface area contributed by atoms with Crippen molar-refractivity contribution in [1.82, 2.24) is 15.6 Å². The molecular weight excluding hydrogens is 765 g/mol. The predicted octanol–water partition coefficient (Wildman–Crippen LogP) is 13.7. The maximum absolute atomic E-state index is 13.1. The van der Waals surface area contributed by atoms with Gasteiger partial charge in [0.15, 0.2) is 0 Å². The molecule has 7 nitrogen and oxygen atoms in total. The summed E-state index contributed by atoms with van der Waals surface area (Å²) in [6.07, 6.45) is 70.6. The second-order valence-corrected chi connectivity index (χ2v) is 14.6. The average molecular weight is 843 g/mol. The zero-order valence-corrected chi connectivity index (χ0v) is 38.1. The Morgan fingerprint density at radius 1 is 0.484 bits per heavy atom. The summed E-state index contributed by atoms with van der Waals surface area (Å²) in [5, 5.41) is 8.80. The Kier molecular flexibility index (Phi) is 38.2. The van der Waals surface area contributed by atoms with E-state index in [0.717, 1.165) is 77.0 Å². The van der Waals surface area contributed by atoms with Crippen molar-refractivity contribution in [2.45, 2.75) is 142 Å². The van der Waals surface area contributed by atoms with Gasteiger partial charge in [-0.15, -0.1) is 0 Å². The fourth-order valence-electron chi connectivity index (χ4n) is 5.70. The van der Waals surface area contributed by atoms with Gasteiger partial charge < -0.3 is 16.0 Å². The van der Waals surface area contributed by atoms with Gasteiger partial charge in [0.25, 0.3) is 0 Å². The second-order valence-electron chi connectivity index (χ2n) is 14.6. The van der Waals surface area contributed by atoms with Crippen LogP contribution in [-0.4, -0.2) is 35.3 Å². The van der Waals surface area contributed by atoms with Crippen LogP contribution in [0.25, 0.3) is 0 Å². The number of carbonyl (C=O) groups excluding carboxylic acids is 3. The lowest BCUT2D eigenvalue weighted by atomic mass is 10.1. The van der Waals surface area contributed by atoms with Crippen LogP contribution >= 0.6 is 0 Å². The highest BCUT2D eigenvalue weighted by molar-refractivity contribution is 5.97. The number of unbranched alkanes of at least 4 members (excludes halogenated alkanes) is 1. The Morgan fingerprint density at radius 2 is 0.839 bits per heavy atom. The predicted molar refractivity (Wildman–Crippen MR) is 267 cm³/mol. The van der Waals surface area contributed by atoms with E-state index in [1.54, 1.807) is 24.5 Å². The number of hydrogen-bond donors (Lipinski definition) is 3. The van der Waals surface area contributed by atoms with Gasteiger partial charge >= 0.3 is 0 Å². The van der Waals surface area contributed by atoms with E-state index in [0.29, 0.717) is 57.2 Å². The Balaban J connectivity index is 2.27. The minimum Gasteiger partial charge on any atom is -0.356 e. The van der Waals surface area contributed by atoms with Crippen molar-refractivity contribution >= 4 is 23.4 Å². The van der Waals surface area contributed by atoms with Crippen LogP contribution in [-0.2, 0) is 14.4 Å². The summed E-state index contributed by atoms with van der Waals surface area (Å²) in [7, 11) is 0. The van der Waals surface area contributed by atoms with Gasteiger partial charge in [-0.05, 0) is 121 Å². The minimum atomic E-state index is -0.676. The van der Waals surface area contributed by atoms with Crippen molar-refractivity contribution < 1.29 is 14.4 Å². The van der Waals surface area contributed by atoms with Crippen LogP contribution in [0.2, 0.25) is 0 Å². The summed E-state index contributed by atoms with van der Waals surface area (Å²) in [6.45, 7) is 4.82. The van der Waals surface area contributed by atoms with Crippen molar-refractivity contribution in [2.24, 2.45) is 0 Å². The summed E-state index contributed by atoms with van der Waals surface area (Å²) >= 11 is 0. The van der Waals surface area contributed by atoms with Gasteiger partial charge in [-0.1, -0.05) is 160 Å². The lowest BCUT2D eigenvalue weighted by Gasteiger charge is -2.18. The van der Waals surface area contributed by atoms with Crippen LogP contribution in [0, 0.1) is 0 Å². The first-order valence-electron chi connectivity index (χ1n) is 23.1. The summed E-state index contributed by atoms with van der Waals surface area (Å²) < 4.78 is 0. The fraction of sp³-hybridized carbons (Fsp3) is 0.418. The molecule has 0 spiro atoms. The fourth-order valence-corrected chi connectivity index (χ4v) is 5.70. The molecule has 0 aliphatic heterocycles. The molecule has 0 saturated heterocycles. The van der Waals surface area contributed by atoms with E-state index in [9.17, 15) is 14.4 Å². The zero-order valence-electron chi connectivity index (χ0n) is 38.1. The minimum absolute atomic E-state index is 0.0132. The number of rotatable bonds is 36. The van der Waals surface area contributed by atoms with Crippen LogP contribution in [0.5, 0.6) is 0 Å². The van der Waals surface area contributed by atoms with Crippen LogP contribution in [0.3, 0.4) is 0 Å². The van der Waals surface area contributed by atoms with Crippen LogP contribution < -0.4 is 16.0 Å². The molecule has 1 aromatic heterocycles. The molecule has 62 heavy (non-hydrogen) atoms. The third-order valence-corrected chi connectivity index (χ3v) is 9.11. The van der Waals surface area contributed by atoms with Gasteiger partial charge in [-0.2, -0.15) is 0 Å². The summed E-state index contributed by atoms with van der Waals surface area (Å²) in [5.41, 5.74) is 0.626. The molecule has 3 amide bonds. The van der Waals surface area contributed by atoms with Crippen molar-refractivity contribution in [3.63, 3.8) is 0 Å². The number of allylic oxidation sites excluding steroid dienone is 24. The molecule has 0 aliphatic rings. The van der Waals surface area contributed by atoms with Crippen molar-refractivity contribution in [1.29, 1.82) is 0 Å². The number of hydrogen-bond acceptors (Lipinski definition) is 4. The van der Waals surface area contributed by atoms with E-state index in [-0.39, 0.29) is 17.7 Å². The lowest BCUT2D eigenvalue weighted by molar-refractivity contribution is -0.126. The molecule has 0 aromatic carbocycles. The van der Waals surface area contributed by atoms with Crippen LogP contribution in [0.15, 0.2) is 170 Å². The molecule has 7 heteroatoms. The number of nitrogens with zero attached hydrogens (tertiary/aromatic N) is 1. The van der Waals surface area contributed by atoms with E-state index in [1.165, 1.54) is 0 Å². The first-order valence-corrected chi connectivity index (χ1v) is 23.1. The van der Waals surface area contributed by atoms with Gasteiger partial charge in [0, 0.05) is 37.5 Å². The number of amides is 3. The first-order chi connectivity index (χ1) is 30.6. The molecule has 0 aliphatic carbocycles. The van der Waals surface area contributed by atoms with Crippen molar-refractivity contribution in [2.75, 3.05) is 11.9 Å². The van der Waals surface area contributed by atoms with Gasteiger partial charge in [0.05, 0.1) is 0 Å². The van der Waals surface area contributed by atoms with Crippen LogP contribution in [0.4, 0.5) is 5.69 Å². The smallest absolute Gasteiger partial charge is 0.246 e. The van der Waals surface area contributed by atoms with Crippen molar-refractivity contribution in [3.05, 3.63) is 170 Å². The largest absolute Gasteiger partial charge is 0.356 e. The number of nitrogens with one attached hydrogen (secondary N) is 3.